The van der Waals surface area contributed by atoms with Crippen LogP contribution >= 0.6 is 0 Å². The molecule has 1 unspecified atom stereocenters. The van der Waals surface area contributed by atoms with Crippen LogP contribution in [0.25, 0.3) is 0 Å². The molecule has 0 aromatic heterocycles. The molecule has 2 aliphatic rings. The lowest BCUT2D eigenvalue weighted by atomic mass is 9.96. The highest BCUT2D eigenvalue weighted by molar-refractivity contribution is 5.82. The number of carbonyl (C=O) groups is 1. The normalized spacial score (nSPS) is 29.1. The van der Waals surface area contributed by atoms with Gasteiger partial charge in [-0.3, -0.25) is 9.69 Å². The molecule has 0 radical (unpaired) electrons. The average Bonchev–Trinajstić information content (AvgIpc) is 2.31. The summed E-state index contributed by atoms with van der Waals surface area (Å²) in [4.78, 5) is 14.1. The predicted octanol–water partition coefficient (Wildman–Crippen LogP) is 0.196. The molecule has 1 amide bonds. The van der Waals surface area contributed by atoms with Gasteiger partial charge in [-0.25, -0.2) is 0 Å². The Bertz CT molecular complexity index is 238. The van der Waals surface area contributed by atoms with Crippen molar-refractivity contribution in [3.63, 3.8) is 0 Å². The molecule has 0 bridgehead atoms. The molecule has 1 atom stereocenters. The Morgan fingerprint density at radius 3 is 2.75 bits per heavy atom. The van der Waals surface area contributed by atoms with E-state index in [9.17, 15) is 4.79 Å². The molecule has 2 rings (SSSR count). The second-order valence-electron chi connectivity index (χ2n) is 4.90. The van der Waals surface area contributed by atoms with E-state index in [1.54, 1.807) is 0 Å². The van der Waals surface area contributed by atoms with Crippen LogP contribution in [0.15, 0.2) is 0 Å². The van der Waals surface area contributed by atoms with Crippen molar-refractivity contribution in [1.82, 2.24) is 15.5 Å². The fourth-order valence-corrected chi connectivity index (χ4v) is 2.82. The van der Waals surface area contributed by atoms with E-state index in [1.807, 2.05) is 0 Å². The fraction of sp³-hybridized carbons (Fsp3) is 0.917. The summed E-state index contributed by atoms with van der Waals surface area (Å²) >= 11 is 0. The van der Waals surface area contributed by atoms with E-state index in [1.165, 1.54) is 12.8 Å². The summed E-state index contributed by atoms with van der Waals surface area (Å²) in [5.74, 6) is 1.00. The third-order valence-electron chi connectivity index (χ3n) is 3.78. The molecular formula is C12H23N3O. The van der Waals surface area contributed by atoms with E-state index < -0.39 is 0 Å². The number of rotatable bonds is 3. The summed E-state index contributed by atoms with van der Waals surface area (Å²) in [6, 6.07) is 0.114. The molecule has 2 saturated heterocycles. The molecule has 0 saturated carbocycles. The third kappa shape index (κ3) is 2.74. The van der Waals surface area contributed by atoms with Crippen molar-refractivity contribution in [2.24, 2.45) is 5.92 Å². The quantitative estimate of drug-likeness (QED) is 0.721. The van der Waals surface area contributed by atoms with Crippen molar-refractivity contribution >= 4 is 5.91 Å². The molecule has 2 N–H and O–H groups in total. The summed E-state index contributed by atoms with van der Waals surface area (Å²) in [7, 11) is 0. The minimum absolute atomic E-state index is 0.114. The molecule has 2 fully saturated rings. The average molecular weight is 225 g/mol. The van der Waals surface area contributed by atoms with Gasteiger partial charge in [0.1, 0.15) is 0 Å². The Balaban J connectivity index is 1.88. The Labute approximate surface area is 97.8 Å². The van der Waals surface area contributed by atoms with Crippen LogP contribution < -0.4 is 10.6 Å². The third-order valence-corrected chi connectivity index (χ3v) is 3.78. The maximum atomic E-state index is 11.7. The summed E-state index contributed by atoms with van der Waals surface area (Å²) in [5, 5.41) is 6.35. The van der Waals surface area contributed by atoms with Gasteiger partial charge < -0.3 is 10.6 Å². The van der Waals surface area contributed by atoms with Gasteiger partial charge in [-0.15, -0.1) is 0 Å². The van der Waals surface area contributed by atoms with E-state index in [2.05, 4.69) is 22.5 Å². The van der Waals surface area contributed by atoms with Crippen molar-refractivity contribution in [1.29, 1.82) is 0 Å². The first kappa shape index (κ1) is 11.9. The number of piperazine rings is 1. The number of piperidine rings is 1. The van der Waals surface area contributed by atoms with Gasteiger partial charge in [0.15, 0.2) is 0 Å². The zero-order valence-corrected chi connectivity index (χ0v) is 10.2. The van der Waals surface area contributed by atoms with Crippen LogP contribution in [0.4, 0.5) is 0 Å². The SMILES string of the molecule is CCC1C(=O)NCCN1CC1CCNCC1. The van der Waals surface area contributed by atoms with E-state index in [4.69, 9.17) is 0 Å². The minimum atomic E-state index is 0.114. The smallest absolute Gasteiger partial charge is 0.237 e. The molecule has 16 heavy (non-hydrogen) atoms. The number of carbonyl (C=O) groups excluding carboxylic acids is 1. The number of nitrogens with zero attached hydrogens (tertiary/aromatic N) is 1. The maximum Gasteiger partial charge on any atom is 0.237 e. The van der Waals surface area contributed by atoms with E-state index >= 15 is 0 Å². The molecule has 92 valence electrons. The van der Waals surface area contributed by atoms with Crippen LogP contribution in [-0.2, 0) is 4.79 Å². The number of nitrogens with one attached hydrogen (secondary N) is 2. The van der Waals surface area contributed by atoms with Crippen LogP contribution in [0, 0.1) is 5.92 Å². The summed E-state index contributed by atoms with van der Waals surface area (Å²) in [5.41, 5.74) is 0. The molecule has 0 aromatic rings. The molecule has 0 aliphatic carbocycles. The Hall–Kier alpha value is -0.610. The molecule has 4 nitrogen and oxygen atoms in total. The van der Waals surface area contributed by atoms with E-state index in [0.717, 1.165) is 45.1 Å². The highest BCUT2D eigenvalue weighted by atomic mass is 16.2. The Morgan fingerprint density at radius 1 is 1.31 bits per heavy atom. The van der Waals surface area contributed by atoms with Crippen LogP contribution in [-0.4, -0.2) is 49.6 Å². The molecule has 0 aromatic carbocycles. The van der Waals surface area contributed by atoms with Gasteiger partial charge >= 0.3 is 0 Å². The van der Waals surface area contributed by atoms with Crippen molar-refractivity contribution in [3.05, 3.63) is 0 Å². The zero-order valence-electron chi connectivity index (χ0n) is 10.2. The van der Waals surface area contributed by atoms with Crippen molar-refractivity contribution < 1.29 is 4.79 Å². The van der Waals surface area contributed by atoms with Gasteiger partial charge in [-0.05, 0) is 38.3 Å². The van der Waals surface area contributed by atoms with Gasteiger partial charge in [0.25, 0.3) is 0 Å². The van der Waals surface area contributed by atoms with Crippen molar-refractivity contribution in [2.45, 2.75) is 32.2 Å². The van der Waals surface area contributed by atoms with Gasteiger partial charge in [0.2, 0.25) is 5.91 Å². The maximum absolute atomic E-state index is 11.7. The van der Waals surface area contributed by atoms with Crippen LogP contribution in [0.3, 0.4) is 0 Å². The first-order chi connectivity index (χ1) is 7.81. The first-order valence-electron chi connectivity index (χ1n) is 6.53. The van der Waals surface area contributed by atoms with Gasteiger partial charge in [0, 0.05) is 19.6 Å². The highest BCUT2D eigenvalue weighted by Gasteiger charge is 2.29. The monoisotopic (exact) mass is 225 g/mol. The zero-order chi connectivity index (χ0) is 11.4. The van der Waals surface area contributed by atoms with Crippen LogP contribution in [0.1, 0.15) is 26.2 Å². The van der Waals surface area contributed by atoms with E-state index in [0.29, 0.717) is 0 Å². The number of amides is 1. The molecule has 0 spiro atoms. The van der Waals surface area contributed by atoms with E-state index in [-0.39, 0.29) is 11.9 Å². The Morgan fingerprint density at radius 2 is 2.06 bits per heavy atom. The molecule has 2 heterocycles. The second-order valence-corrected chi connectivity index (χ2v) is 4.90. The lowest BCUT2D eigenvalue weighted by Crippen LogP contribution is -2.56. The number of hydrogen-bond acceptors (Lipinski definition) is 3. The minimum Gasteiger partial charge on any atom is -0.353 e. The summed E-state index contributed by atoms with van der Waals surface area (Å²) in [6.45, 7) is 7.33. The molecule has 4 heteroatoms. The molecule has 2 aliphatic heterocycles. The molecular weight excluding hydrogens is 202 g/mol. The van der Waals surface area contributed by atoms with Crippen molar-refractivity contribution in [3.8, 4) is 0 Å². The van der Waals surface area contributed by atoms with Gasteiger partial charge in [0.05, 0.1) is 6.04 Å². The van der Waals surface area contributed by atoms with Crippen LogP contribution in [0.2, 0.25) is 0 Å². The highest BCUT2D eigenvalue weighted by Crippen LogP contribution is 2.17. The lowest BCUT2D eigenvalue weighted by molar-refractivity contribution is -0.129. The van der Waals surface area contributed by atoms with Crippen LogP contribution in [0.5, 0.6) is 0 Å². The first-order valence-corrected chi connectivity index (χ1v) is 6.53. The van der Waals surface area contributed by atoms with Gasteiger partial charge in [-0.1, -0.05) is 6.92 Å². The fourth-order valence-electron chi connectivity index (χ4n) is 2.82. The van der Waals surface area contributed by atoms with Gasteiger partial charge in [-0.2, -0.15) is 0 Å². The lowest BCUT2D eigenvalue weighted by Gasteiger charge is -2.37. The topological polar surface area (TPSA) is 44.4 Å². The summed E-state index contributed by atoms with van der Waals surface area (Å²) < 4.78 is 0. The largest absolute Gasteiger partial charge is 0.353 e. The predicted molar refractivity (Wildman–Crippen MR) is 64.3 cm³/mol. The summed E-state index contributed by atoms with van der Waals surface area (Å²) in [6.07, 6.45) is 3.44. The van der Waals surface area contributed by atoms with Crippen molar-refractivity contribution in [2.75, 3.05) is 32.7 Å². The second kappa shape index (κ2) is 5.64. The standard InChI is InChI=1S/C12H23N3O/c1-2-11-12(16)14-7-8-15(11)9-10-3-5-13-6-4-10/h10-11,13H,2-9H2,1H3,(H,14,16). The Kier molecular flexibility index (Phi) is 4.18. The number of hydrogen-bond donors (Lipinski definition) is 2.